The molecule has 1 aliphatic rings. The Labute approximate surface area is 102 Å². The van der Waals surface area contributed by atoms with Crippen molar-refractivity contribution in [2.24, 2.45) is 0 Å². The molecule has 0 bridgehead atoms. The minimum atomic E-state index is -4.46. The smallest absolute Gasteiger partial charge is 0.420 e. The van der Waals surface area contributed by atoms with Gasteiger partial charge in [-0.15, -0.1) is 0 Å². The Balaban J connectivity index is 2.42. The molecule has 2 rings (SSSR count). The Kier molecular flexibility index (Phi) is 3.63. The second kappa shape index (κ2) is 5.03. The van der Waals surface area contributed by atoms with Crippen LogP contribution in [-0.4, -0.2) is 20.3 Å². The van der Waals surface area contributed by atoms with Gasteiger partial charge in [0.2, 0.25) is 0 Å². The summed E-state index contributed by atoms with van der Waals surface area (Å²) in [6.45, 7) is 0.575. The number of rotatable bonds is 3. The summed E-state index contributed by atoms with van der Waals surface area (Å²) in [5.41, 5.74) is 2.29. The van der Waals surface area contributed by atoms with Crippen molar-refractivity contribution < 1.29 is 27.5 Å². The Morgan fingerprint density at radius 3 is 2.50 bits per heavy atom. The van der Waals surface area contributed by atoms with Crippen LogP contribution >= 0.6 is 0 Å². The summed E-state index contributed by atoms with van der Waals surface area (Å²) in [7, 11) is 1.42. The zero-order valence-corrected chi connectivity index (χ0v) is 9.63. The predicted molar refractivity (Wildman–Crippen MR) is 56.3 cm³/mol. The lowest BCUT2D eigenvalue weighted by Crippen LogP contribution is -2.22. The van der Waals surface area contributed by atoms with Gasteiger partial charge in [-0.05, 0) is 6.07 Å². The van der Waals surface area contributed by atoms with Gasteiger partial charge in [0.25, 0.3) is 0 Å². The second-order valence-corrected chi connectivity index (χ2v) is 3.65. The topological polar surface area (TPSA) is 39.7 Å². The first-order chi connectivity index (χ1) is 8.54. The number of hydroxylamine groups is 1. The highest BCUT2D eigenvalue weighted by molar-refractivity contribution is 5.53. The normalized spacial score (nSPS) is 14.7. The van der Waals surface area contributed by atoms with Crippen molar-refractivity contribution in [3.63, 3.8) is 0 Å². The van der Waals surface area contributed by atoms with Crippen molar-refractivity contribution in [3.05, 3.63) is 23.3 Å². The predicted octanol–water partition coefficient (Wildman–Crippen LogP) is 2.13. The summed E-state index contributed by atoms with van der Waals surface area (Å²) in [5.74, 6) is -0.121. The minimum Gasteiger partial charge on any atom is -0.486 e. The fourth-order valence-electron chi connectivity index (χ4n) is 1.70. The first-order valence-corrected chi connectivity index (χ1v) is 5.28. The SMILES string of the molecule is CONCc1ccc(C(F)(F)F)c2c1OCCO2. The Hall–Kier alpha value is -1.47. The lowest BCUT2D eigenvalue weighted by atomic mass is 10.1. The minimum absolute atomic E-state index is 0.108. The molecule has 0 aromatic heterocycles. The molecular formula is C11H12F3NO3. The number of alkyl halides is 3. The maximum absolute atomic E-state index is 12.8. The van der Waals surface area contributed by atoms with E-state index in [-0.39, 0.29) is 31.3 Å². The number of halogens is 3. The van der Waals surface area contributed by atoms with Gasteiger partial charge in [-0.1, -0.05) is 6.07 Å². The highest BCUT2D eigenvalue weighted by Gasteiger charge is 2.37. The Bertz CT molecular complexity index is 434. The van der Waals surface area contributed by atoms with Crippen LogP contribution in [0, 0.1) is 0 Å². The molecule has 1 aliphatic heterocycles. The van der Waals surface area contributed by atoms with Crippen molar-refractivity contribution in [2.45, 2.75) is 12.7 Å². The van der Waals surface area contributed by atoms with Crippen molar-refractivity contribution >= 4 is 0 Å². The van der Waals surface area contributed by atoms with Crippen LogP contribution in [0.3, 0.4) is 0 Å². The van der Waals surface area contributed by atoms with Gasteiger partial charge in [-0.25, -0.2) is 0 Å². The van der Waals surface area contributed by atoms with E-state index in [4.69, 9.17) is 9.47 Å². The summed E-state index contributed by atoms with van der Waals surface area (Å²) < 4.78 is 48.7. The maximum Gasteiger partial charge on any atom is 0.420 e. The molecule has 0 aliphatic carbocycles. The first kappa shape index (κ1) is 13.0. The van der Waals surface area contributed by atoms with E-state index in [1.807, 2.05) is 0 Å². The number of hydrogen-bond acceptors (Lipinski definition) is 4. The van der Waals surface area contributed by atoms with Crippen molar-refractivity contribution in [1.82, 2.24) is 5.48 Å². The number of nitrogens with one attached hydrogen (secondary N) is 1. The summed E-state index contributed by atoms with van der Waals surface area (Å²) in [6.07, 6.45) is -4.46. The van der Waals surface area contributed by atoms with Crippen LogP contribution in [0.4, 0.5) is 13.2 Å². The maximum atomic E-state index is 12.8. The van der Waals surface area contributed by atoms with E-state index >= 15 is 0 Å². The fourth-order valence-corrected chi connectivity index (χ4v) is 1.70. The Morgan fingerprint density at radius 2 is 1.89 bits per heavy atom. The van der Waals surface area contributed by atoms with Gasteiger partial charge in [-0.2, -0.15) is 18.7 Å². The van der Waals surface area contributed by atoms with Crippen LogP contribution in [0.2, 0.25) is 0 Å². The van der Waals surface area contributed by atoms with Crippen molar-refractivity contribution in [3.8, 4) is 11.5 Å². The zero-order valence-electron chi connectivity index (χ0n) is 9.63. The third-order valence-electron chi connectivity index (χ3n) is 2.48. The van der Waals surface area contributed by atoms with Gasteiger partial charge < -0.3 is 14.3 Å². The molecule has 0 radical (unpaired) electrons. The third-order valence-corrected chi connectivity index (χ3v) is 2.48. The molecule has 100 valence electrons. The van der Waals surface area contributed by atoms with E-state index < -0.39 is 11.7 Å². The molecule has 0 saturated heterocycles. The van der Waals surface area contributed by atoms with Crippen LogP contribution in [0.5, 0.6) is 11.5 Å². The molecule has 0 atom stereocenters. The van der Waals surface area contributed by atoms with Crippen LogP contribution in [0.25, 0.3) is 0 Å². The molecule has 1 aromatic carbocycles. The highest BCUT2D eigenvalue weighted by atomic mass is 19.4. The van der Waals surface area contributed by atoms with Crippen molar-refractivity contribution in [1.29, 1.82) is 0 Å². The van der Waals surface area contributed by atoms with E-state index in [1.165, 1.54) is 13.2 Å². The first-order valence-electron chi connectivity index (χ1n) is 5.28. The molecule has 0 unspecified atom stereocenters. The van der Waals surface area contributed by atoms with E-state index in [0.717, 1.165) is 6.07 Å². The molecule has 1 heterocycles. The molecule has 1 aromatic rings. The summed E-state index contributed by atoms with van der Waals surface area (Å²) >= 11 is 0. The van der Waals surface area contributed by atoms with Gasteiger partial charge >= 0.3 is 6.18 Å². The largest absolute Gasteiger partial charge is 0.486 e. The Morgan fingerprint density at radius 1 is 1.22 bits per heavy atom. The van der Waals surface area contributed by atoms with E-state index in [9.17, 15) is 13.2 Å². The van der Waals surface area contributed by atoms with E-state index in [0.29, 0.717) is 5.56 Å². The van der Waals surface area contributed by atoms with Gasteiger partial charge in [-0.3, -0.25) is 0 Å². The van der Waals surface area contributed by atoms with Gasteiger partial charge in [0, 0.05) is 12.1 Å². The van der Waals surface area contributed by atoms with E-state index in [1.54, 1.807) is 0 Å². The van der Waals surface area contributed by atoms with Crippen LogP contribution in [0.15, 0.2) is 12.1 Å². The average molecular weight is 263 g/mol. The fraction of sp³-hybridized carbons (Fsp3) is 0.455. The molecule has 0 spiro atoms. The average Bonchev–Trinajstić information content (AvgIpc) is 2.34. The molecule has 7 heteroatoms. The molecule has 0 saturated carbocycles. The molecule has 1 N–H and O–H groups in total. The van der Waals surface area contributed by atoms with Gasteiger partial charge in [0.1, 0.15) is 18.8 Å². The quantitative estimate of drug-likeness (QED) is 0.848. The second-order valence-electron chi connectivity index (χ2n) is 3.65. The lowest BCUT2D eigenvalue weighted by molar-refractivity contribution is -0.139. The molecule has 18 heavy (non-hydrogen) atoms. The molecule has 0 fully saturated rings. The summed E-state index contributed by atoms with van der Waals surface area (Å²) in [4.78, 5) is 4.67. The number of ether oxygens (including phenoxy) is 2. The summed E-state index contributed by atoms with van der Waals surface area (Å²) in [6, 6.07) is 2.34. The van der Waals surface area contributed by atoms with Crippen LogP contribution in [0.1, 0.15) is 11.1 Å². The standard InChI is InChI=1S/C11H12F3NO3/c1-16-15-6-7-2-3-8(11(12,13)14)10-9(7)17-4-5-18-10/h2-3,15H,4-6H2,1H3. The molecule has 4 nitrogen and oxygen atoms in total. The van der Waals surface area contributed by atoms with Crippen LogP contribution < -0.4 is 15.0 Å². The van der Waals surface area contributed by atoms with Crippen molar-refractivity contribution in [2.75, 3.05) is 20.3 Å². The molecule has 0 amide bonds. The van der Waals surface area contributed by atoms with Gasteiger partial charge in [0.15, 0.2) is 11.5 Å². The monoisotopic (exact) mass is 263 g/mol. The third kappa shape index (κ3) is 2.51. The summed E-state index contributed by atoms with van der Waals surface area (Å²) in [5, 5.41) is 0. The lowest BCUT2D eigenvalue weighted by Gasteiger charge is -2.24. The van der Waals surface area contributed by atoms with Crippen LogP contribution in [-0.2, 0) is 17.6 Å². The number of hydrogen-bond donors (Lipinski definition) is 1. The van der Waals surface area contributed by atoms with E-state index in [2.05, 4.69) is 10.3 Å². The van der Waals surface area contributed by atoms with Gasteiger partial charge in [0.05, 0.1) is 7.11 Å². The highest BCUT2D eigenvalue weighted by Crippen LogP contribution is 2.44. The molecular weight excluding hydrogens is 251 g/mol. The zero-order chi connectivity index (χ0) is 13.2. The number of fused-ring (bicyclic) bond motifs is 1. The number of benzene rings is 1.